The zero-order valence-corrected chi connectivity index (χ0v) is 17.4. The van der Waals surface area contributed by atoms with Gasteiger partial charge in [0.15, 0.2) is 0 Å². The summed E-state index contributed by atoms with van der Waals surface area (Å²) >= 11 is 0. The highest BCUT2D eigenvalue weighted by atomic mass is 16.5. The van der Waals surface area contributed by atoms with E-state index in [9.17, 15) is 14.7 Å². The summed E-state index contributed by atoms with van der Waals surface area (Å²) in [4.78, 5) is 33.8. The van der Waals surface area contributed by atoms with E-state index in [2.05, 4.69) is 9.88 Å². The van der Waals surface area contributed by atoms with Crippen LogP contribution in [0.4, 0.5) is 0 Å². The van der Waals surface area contributed by atoms with Gasteiger partial charge in [-0.2, -0.15) is 0 Å². The molecular formula is C23H25N3O5. The lowest BCUT2D eigenvalue weighted by Gasteiger charge is -2.31. The Hall–Kier alpha value is -3.23. The largest absolute Gasteiger partial charge is 0.507 e. The molecule has 2 saturated heterocycles. The summed E-state index contributed by atoms with van der Waals surface area (Å²) in [5.74, 6) is -0.970. The summed E-state index contributed by atoms with van der Waals surface area (Å²) in [6, 6.07) is 9.63. The molecule has 1 aromatic heterocycles. The molecule has 2 aliphatic heterocycles. The number of aliphatic hydroxyl groups excluding tert-OH is 1. The minimum absolute atomic E-state index is 0.0754. The zero-order valence-electron chi connectivity index (χ0n) is 17.4. The molecule has 2 aromatic rings. The number of carbonyl (C=O) groups is 2. The molecule has 2 fully saturated rings. The molecule has 1 N–H and O–H groups in total. The first-order valence-corrected chi connectivity index (χ1v) is 10.2. The summed E-state index contributed by atoms with van der Waals surface area (Å²) in [5, 5.41) is 11.1. The minimum atomic E-state index is -0.691. The van der Waals surface area contributed by atoms with Crippen LogP contribution in [0.1, 0.15) is 17.2 Å². The maximum atomic E-state index is 13.0. The number of ether oxygens (including phenoxy) is 2. The van der Waals surface area contributed by atoms with Gasteiger partial charge in [-0.3, -0.25) is 19.5 Å². The van der Waals surface area contributed by atoms with Crippen molar-refractivity contribution in [1.82, 2.24) is 14.8 Å². The molecule has 4 rings (SSSR count). The molecule has 0 spiro atoms. The fourth-order valence-corrected chi connectivity index (χ4v) is 4.00. The van der Waals surface area contributed by atoms with Crippen molar-refractivity contribution in [2.45, 2.75) is 6.04 Å². The molecule has 1 atom stereocenters. The van der Waals surface area contributed by atoms with Crippen molar-refractivity contribution >= 4 is 17.4 Å². The Bertz CT molecular complexity index is 986. The van der Waals surface area contributed by atoms with E-state index in [0.29, 0.717) is 37.6 Å². The van der Waals surface area contributed by atoms with E-state index >= 15 is 0 Å². The second-order valence-electron chi connectivity index (χ2n) is 7.46. The predicted molar refractivity (Wildman–Crippen MR) is 113 cm³/mol. The van der Waals surface area contributed by atoms with Crippen LogP contribution in [0.2, 0.25) is 0 Å². The van der Waals surface area contributed by atoms with Crippen LogP contribution in [0.15, 0.2) is 54.4 Å². The number of benzene rings is 1. The Morgan fingerprint density at radius 1 is 1.16 bits per heavy atom. The number of aromatic nitrogens is 1. The van der Waals surface area contributed by atoms with Crippen LogP contribution in [-0.2, 0) is 14.3 Å². The molecule has 162 valence electrons. The number of likely N-dealkylation sites (tertiary alicyclic amines) is 1. The molecule has 3 heterocycles. The minimum Gasteiger partial charge on any atom is -0.507 e. The van der Waals surface area contributed by atoms with E-state index in [4.69, 9.17) is 9.47 Å². The van der Waals surface area contributed by atoms with E-state index in [1.165, 1.54) is 7.11 Å². The first-order chi connectivity index (χ1) is 15.1. The summed E-state index contributed by atoms with van der Waals surface area (Å²) in [6.45, 7) is 3.87. The van der Waals surface area contributed by atoms with E-state index in [1.807, 2.05) is 0 Å². The molecule has 2 aliphatic rings. The molecular weight excluding hydrogens is 398 g/mol. The number of carbonyl (C=O) groups excluding carboxylic acids is 2. The zero-order chi connectivity index (χ0) is 21.8. The number of amides is 1. The van der Waals surface area contributed by atoms with Gasteiger partial charge in [0.2, 0.25) is 0 Å². The van der Waals surface area contributed by atoms with Crippen molar-refractivity contribution in [1.29, 1.82) is 0 Å². The van der Waals surface area contributed by atoms with Crippen LogP contribution in [0.25, 0.3) is 5.76 Å². The highest BCUT2D eigenvalue weighted by Crippen LogP contribution is 2.39. The lowest BCUT2D eigenvalue weighted by Crippen LogP contribution is -2.42. The normalized spacial score (nSPS) is 21.5. The Labute approximate surface area is 180 Å². The molecule has 1 amide bonds. The molecule has 1 aromatic carbocycles. The Kier molecular flexibility index (Phi) is 6.29. The quantitative estimate of drug-likeness (QED) is 0.431. The summed E-state index contributed by atoms with van der Waals surface area (Å²) in [7, 11) is 1.53. The molecule has 8 heteroatoms. The predicted octanol–water partition coefficient (Wildman–Crippen LogP) is 1.84. The third-order valence-electron chi connectivity index (χ3n) is 5.67. The van der Waals surface area contributed by atoms with Gasteiger partial charge in [0, 0.05) is 44.1 Å². The van der Waals surface area contributed by atoms with Crippen molar-refractivity contribution in [2.24, 2.45) is 0 Å². The number of Topliss-reactive ketones (excluding diaryl/α,β-unsaturated/α-hetero) is 1. The number of nitrogens with zero attached hydrogens (tertiary/aromatic N) is 3. The summed E-state index contributed by atoms with van der Waals surface area (Å²) in [5.41, 5.74) is 1.22. The smallest absolute Gasteiger partial charge is 0.295 e. The number of morpholine rings is 1. The molecule has 0 radical (unpaired) electrons. The van der Waals surface area contributed by atoms with Crippen molar-refractivity contribution < 1.29 is 24.2 Å². The number of hydrogen-bond donors (Lipinski definition) is 1. The van der Waals surface area contributed by atoms with E-state index in [1.54, 1.807) is 53.7 Å². The molecule has 0 aliphatic carbocycles. The van der Waals surface area contributed by atoms with Gasteiger partial charge in [-0.1, -0.05) is 12.1 Å². The van der Waals surface area contributed by atoms with Gasteiger partial charge in [0.1, 0.15) is 11.5 Å². The van der Waals surface area contributed by atoms with E-state index in [-0.39, 0.29) is 11.3 Å². The molecule has 0 unspecified atom stereocenters. The monoisotopic (exact) mass is 423 g/mol. The molecule has 8 nitrogen and oxygen atoms in total. The van der Waals surface area contributed by atoms with Crippen LogP contribution in [0.5, 0.6) is 5.75 Å². The van der Waals surface area contributed by atoms with Crippen LogP contribution in [-0.4, -0.2) is 78.1 Å². The Morgan fingerprint density at radius 3 is 2.61 bits per heavy atom. The number of pyridine rings is 1. The van der Waals surface area contributed by atoms with Crippen molar-refractivity contribution in [3.05, 3.63) is 65.5 Å². The fraction of sp³-hybridized carbons (Fsp3) is 0.348. The van der Waals surface area contributed by atoms with Gasteiger partial charge in [-0.15, -0.1) is 0 Å². The third-order valence-corrected chi connectivity index (χ3v) is 5.67. The number of methoxy groups -OCH3 is 1. The number of hydrogen-bond acceptors (Lipinski definition) is 7. The first kappa shape index (κ1) is 21.0. The van der Waals surface area contributed by atoms with Crippen molar-refractivity contribution in [3.8, 4) is 5.75 Å². The Balaban J connectivity index is 1.72. The van der Waals surface area contributed by atoms with E-state index in [0.717, 1.165) is 18.7 Å². The topological polar surface area (TPSA) is 92.2 Å². The molecule has 31 heavy (non-hydrogen) atoms. The van der Waals surface area contributed by atoms with Gasteiger partial charge in [0.05, 0.1) is 31.9 Å². The summed E-state index contributed by atoms with van der Waals surface area (Å²) in [6.07, 6.45) is 3.23. The average molecular weight is 423 g/mol. The van der Waals surface area contributed by atoms with Crippen molar-refractivity contribution in [3.63, 3.8) is 0 Å². The lowest BCUT2D eigenvalue weighted by atomic mass is 9.96. The van der Waals surface area contributed by atoms with Crippen LogP contribution >= 0.6 is 0 Å². The van der Waals surface area contributed by atoms with Gasteiger partial charge >= 0.3 is 0 Å². The highest BCUT2D eigenvalue weighted by Gasteiger charge is 2.46. The van der Waals surface area contributed by atoms with Gasteiger partial charge < -0.3 is 19.5 Å². The number of aliphatic hydroxyl groups is 1. The van der Waals surface area contributed by atoms with Gasteiger partial charge in [0.25, 0.3) is 11.7 Å². The van der Waals surface area contributed by atoms with Crippen LogP contribution in [0.3, 0.4) is 0 Å². The standard InChI is InChI=1S/C23H25N3O5/c1-30-18-4-2-3-17(15-18)21(27)19-20(16-5-7-24-8-6-16)26(23(29)22(19)28)10-9-25-11-13-31-14-12-25/h2-8,15,20,27H,9-14H2,1H3/t20-/m0/s1. The molecule has 0 bridgehead atoms. The Morgan fingerprint density at radius 2 is 1.90 bits per heavy atom. The fourth-order valence-electron chi connectivity index (χ4n) is 4.00. The average Bonchev–Trinajstić information content (AvgIpc) is 3.08. The van der Waals surface area contributed by atoms with Crippen LogP contribution < -0.4 is 4.74 Å². The van der Waals surface area contributed by atoms with Crippen molar-refractivity contribution in [2.75, 3.05) is 46.5 Å². The SMILES string of the molecule is COc1cccc(C(O)=C2C(=O)C(=O)N(CCN3CCOCC3)[C@H]2c2ccncc2)c1. The highest BCUT2D eigenvalue weighted by molar-refractivity contribution is 6.46. The van der Waals surface area contributed by atoms with Gasteiger partial charge in [-0.05, 0) is 29.8 Å². The summed E-state index contributed by atoms with van der Waals surface area (Å²) < 4.78 is 10.6. The lowest BCUT2D eigenvalue weighted by molar-refractivity contribution is -0.140. The maximum Gasteiger partial charge on any atom is 0.295 e. The number of rotatable bonds is 6. The second-order valence-corrected chi connectivity index (χ2v) is 7.46. The van der Waals surface area contributed by atoms with Crippen LogP contribution in [0, 0.1) is 0 Å². The first-order valence-electron chi connectivity index (χ1n) is 10.2. The third kappa shape index (κ3) is 4.30. The van der Waals surface area contributed by atoms with E-state index < -0.39 is 17.7 Å². The maximum absolute atomic E-state index is 13.0. The van der Waals surface area contributed by atoms with Gasteiger partial charge in [-0.25, -0.2) is 0 Å². The molecule has 0 saturated carbocycles. The second kappa shape index (κ2) is 9.28. The number of ketones is 1.